The van der Waals surface area contributed by atoms with E-state index in [-0.39, 0.29) is 24.3 Å². The first-order valence-electron chi connectivity index (χ1n) is 10.2. The van der Waals surface area contributed by atoms with Gasteiger partial charge in [0.1, 0.15) is 0 Å². The average molecular weight is 472 g/mol. The quantitative estimate of drug-likeness (QED) is 0.421. The van der Waals surface area contributed by atoms with Crippen LogP contribution >= 0.6 is 15.9 Å². The number of fused-ring (bicyclic) bond motifs is 1. The third kappa shape index (κ3) is 5.48. The van der Waals surface area contributed by atoms with Gasteiger partial charge in [-0.3, -0.25) is 19.3 Å². The van der Waals surface area contributed by atoms with Gasteiger partial charge in [-0.05, 0) is 49.6 Å². The lowest BCUT2D eigenvalue weighted by atomic mass is 10.1. The zero-order valence-electron chi connectivity index (χ0n) is 17.1. The molecule has 2 aromatic rings. The molecule has 1 N–H and O–H groups in total. The maximum absolute atomic E-state index is 12.4. The standard InChI is InChI=1S/C23H26BrN3O3/c1-26(18-8-3-2-4-9-18)14-6-5-13-25-21(28)10-7-15-27-22(29)19-12-11-17(24)16-20(19)23(27)30/h2-4,8-9,11-12,16H,5-7,10,13-15H2,1H3,(H,25,28). The average Bonchev–Trinajstić information content (AvgIpc) is 2.98. The first kappa shape index (κ1) is 22.0. The van der Waals surface area contributed by atoms with Crippen LogP contribution in [0.25, 0.3) is 0 Å². The maximum Gasteiger partial charge on any atom is 0.261 e. The number of carbonyl (C=O) groups is 3. The van der Waals surface area contributed by atoms with Gasteiger partial charge in [0.05, 0.1) is 11.1 Å². The molecule has 6 nitrogen and oxygen atoms in total. The molecule has 0 saturated heterocycles. The number of rotatable bonds is 10. The first-order chi connectivity index (χ1) is 14.5. The molecule has 0 radical (unpaired) electrons. The zero-order chi connectivity index (χ0) is 21.5. The van der Waals surface area contributed by atoms with Crippen LogP contribution in [0.5, 0.6) is 0 Å². The van der Waals surface area contributed by atoms with Gasteiger partial charge in [-0.25, -0.2) is 0 Å². The normalized spacial score (nSPS) is 12.8. The number of hydrogen-bond acceptors (Lipinski definition) is 4. The zero-order valence-corrected chi connectivity index (χ0v) is 18.7. The Bertz CT molecular complexity index is 917. The van der Waals surface area contributed by atoms with Crippen LogP contribution in [-0.4, -0.2) is 49.3 Å². The summed E-state index contributed by atoms with van der Waals surface area (Å²) in [7, 11) is 2.06. The van der Waals surface area contributed by atoms with E-state index in [0.717, 1.165) is 23.9 Å². The van der Waals surface area contributed by atoms with Crippen molar-refractivity contribution in [1.29, 1.82) is 0 Å². The second-order valence-corrected chi connectivity index (χ2v) is 8.29. The van der Waals surface area contributed by atoms with Gasteiger partial charge >= 0.3 is 0 Å². The minimum Gasteiger partial charge on any atom is -0.375 e. The van der Waals surface area contributed by atoms with E-state index in [9.17, 15) is 14.4 Å². The maximum atomic E-state index is 12.4. The lowest BCUT2D eigenvalue weighted by molar-refractivity contribution is -0.121. The van der Waals surface area contributed by atoms with Crippen LogP contribution in [0, 0.1) is 0 Å². The summed E-state index contributed by atoms with van der Waals surface area (Å²) in [5, 5.41) is 2.92. The van der Waals surface area contributed by atoms with Crippen molar-refractivity contribution >= 4 is 39.3 Å². The van der Waals surface area contributed by atoms with Crippen molar-refractivity contribution in [3.63, 3.8) is 0 Å². The van der Waals surface area contributed by atoms with E-state index in [1.807, 2.05) is 18.2 Å². The Morgan fingerprint density at radius 2 is 1.73 bits per heavy atom. The van der Waals surface area contributed by atoms with Crippen LogP contribution in [0.2, 0.25) is 0 Å². The molecule has 1 aliphatic rings. The highest BCUT2D eigenvalue weighted by Gasteiger charge is 2.35. The van der Waals surface area contributed by atoms with Gasteiger partial charge in [0.25, 0.3) is 11.8 Å². The summed E-state index contributed by atoms with van der Waals surface area (Å²) in [6, 6.07) is 15.3. The topological polar surface area (TPSA) is 69.7 Å². The van der Waals surface area contributed by atoms with Crippen LogP contribution in [0.4, 0.5) is 5.69 Å². The molecular formula is C23H26BrN3O3. The third-order valence-electron chi connectivity index (χ3n) is 5.16. The van der Waals surface area contributed by atoms with Crippen molar-refractivity contribution < 1.29 is 14.4 Å². The molecule has 3 rings (SSSR count). The van der Waals surface area contributed by atoms with Gasteiger partial charge in [0.15, 0.2) is 0 Å². The monoisotopic (exact) mass is 471 g/mol. The summed E-state index contributed by atoms with van der Waals surface area (Å²) in [6.07, 6.45) is 2.63. The molecule has 0 bridgehead atoms. The van der Waals surface area contributed by atoms with Gasteiger partial charge in [-0.1, -0.05) is 34.1 Å². The molecule has 1 heterocycles. The van der Waals surface area contributed by atoms with Crippen molar-refractivity contribution in [1.82, 2.24) is 10.2 Å². The lowest BCUT2D eigenvalue weighted by Gasteiger charge is -2.19. The second-order valence-electron chi connectivity index (χ2n) is 7.37. The number of halogens is 1. The van der Waals surface area contributed by atoms with Crippen molar-refractivity contribution in [2.45, 2.75) is 25.7 Å². The fourth-order valence-corrected chi connectivity index (χ4v) is 3.83. The van der Waals surface area contributed by atoms with Crippen LogP contribution in [-0.2, 0) is 4.79 Å². The molecule has 0 saturated carbocycles. The van der Waals surface area contributed by atoms with E-state index in [1.165, 1.54) is 10.6 Å². The molecule has 0 fully saturated rings. The van der Waals surface area contributed by atoms with Crippen molar-refractivity contribution in [3.8, 4) is 0 Å². The number of benzene rings is 2. The number of hydrogen-bond donors (Lipinski definition) is 1. The minimum atomic E-state index is -0.292. The smallest absolute Gasteiger partial charge is 0.261 e. The fourth-order valence-electron chi connectivity index (χ4n) is 3.47. The Hall–Kier alpha value is -2.67. The van der Waals surface area contributed by atoms with Crippen molar-refractivity contribution in [2.24, 2.45) is 0 Å². The largest absolute Gasteiger partial charge is 0.375 e. The Balaban J connectivity index is 1.31. The molecule has 1 aliphatic heterocycles. The number of nitrogens with zero attached hydrogens (tertiary/aromatic N) is 2. The Morgan fingerprint density at radius 3 is 2.50 bits per heavy atom. The predicted octanol–water partition coefficient (Wildman–Crippen LogP) is 3.86. The SMILES string of the molecule is CN(CCCCNC(=O)CCCN1C(=O)c2ccc(Br)cc2C1=O)c1ccccc1. The van der Waals surface area contributed by atoms with Crippen LogP contribution in [0.1, 0.15) is 46.4 Å². The highest BCUT2D eigenvalue weighted by atomic mass is 79.9. The predicted molar refractivity (Wildman–Crippen MR) is 121 cm³/mol. The van der Waals surface area contributed by atoms with E-state index in [2.05, 4.69) is 45.3 Å². The minimum absolute atomic E-state index is 0.0502. The Morgan fingerprint density at radius 1 is 1.00 bits per heavy atom. The molecule has 3 amide bonds. The number of nitrogens with one attached hydrogen (secondary N) is 1. The van der Waals surface area contributed by atoms with Crippen molar-refractivity contribution in [3.05, 3.63) is 64.1 Å². The number of imide groups is 1. The van der Waals surface area contributed by atoms with E-state index in [4.69, 9.17) is 0 Å². The van der Waals surface area contributed by atoms with Gasteiger partial charge in [0, 0.05) is 43.3 Å². The summed E-state index contributed by atoms with van der Waals surface area (Å²) >= 11 is 3.32. The highest BCUT2D eigenvalue weighted by Crippen LogP contribution is 2.26. The van der Waals surface area contributed by atoms with Gasteiger partial charge < -0.3 is 10.2 Å². The summed E-state index contributed by atoms with van der Waals surface area (Å²) < 4.78 is 0.763. The lowest BCUT2D eigenvalue weighted by Crippen LogP contribution is -2.32. The fraction of sp³-hybridized carbons (Fsp3) is 0.348. The molecule has 0 aliphatic carbocycles. The van der Waals surface area contributed by atoms with Crippen LogP contribution in [0.3, 0.4) is 0 Å². The molecule has 0 spiro atoms. The van der Waals surface area contributed by atoms with Gasteiger partial charge in [0.2, 0.25) is 5.91 Å². The Labute approximate surface area is 185 Å². The Kier molecular flexibility index (Phi) is 7.63. The molecule has 2 aromatic carbocycles. The van der Waals surface area contributed by atoms with E-state index in [0.29, 0.717) is 30.5 Å². The van der Waals surface area contributed by atoms with Gasteiger partial charge in [-0.2, -0.15) is 0 Å². The summed E-state index contributed by atoms with van der Waals surface area (Å²) in [6.45, 7) is 1.80. The summed E-state index contributed by atoms with van der Waals surface area (Å²) in [4.78, 5) is 40.3. The summed E-state index contributed by atoms with van der Waals surface area (Å²) in [5.74, 6) is -0.629. The molecule has 0 unspecified atom stereocenters. The molecule has 0 atom stereocenters. The second kappa shape index (κ2) is 10.4. The number of carbonyl (C=O) groups excluding carboxylic acids is 3. The van der Waals surface area contributed by atoms with Crippen LogP contribution < -0.4 is 10.2 Å². The van der Waals surface area contributed by atoms with E-state index >= 15 is 0 Å². The first-order valence-corrected chi connectivity index (χ1v) is 11.0. The summed E-state index contributed by atoms with van der Waals surface area (Å²) in [5.41, 5.74) is 2.02. The molecule has 30 heavy (non-hydrogen) atoms. The third-order valence-corrected chi connectivity index (χ3v) is 5.65. The van der Waals surface area contributed by atoms with Gasteiger partial charge in [-0.15, -0.1) is 0 Å². The van der Waals surface area contributed by atoms with Crippen molar-refractivity contribution in [2.75, 3.05) is 31.6 Å². The highest BCUT2D eigenvalue weighted by molar-refractivity contribution is 9.10. The number of anilines is 1. The molecule has 158 valence electrons. The molecule has 7 heteroatoms. The number of amides is 3. The van der Waals surface area contributed by atoms with E-state index in [1.54, 1.807) is 18.2 Å². The molecular weight excluding hydrogens is 446 g/mol. The van der Waals surface area contributed by atoms with E-state index < -0.39 is 0 Å². The number of para-hydroxylation sites is 1. The van der Waals surface area contributed by atoms with Crippen LogP contribution in [0.15, 0.2) is 53.0 Å². The number of unbranched alkanes of at least 4 members (excludes halogenated alkanes) is 1. The molecule has 0 aromatic heterocycles.